The van der Waals surface area contributed by atoms with E-state index < -0.39 is 0 Å². The molecule has 8 nitrogen and oxygen atoms in total. The predicted molar refractivity (Wildman–Crippen MR) is 455 cm³/mol. The van der Waals surface area contributed by atoms with E-state index in [2.05, 4.69) is 306 Å². The molecule has 0 fully saturated rings. The molecule has 2 aliphatic carbocycles. The van der Waals surface area contributed by atoms with Gasteiger partial charge in [0.2, 0.25) is 0 Å². The molecule has 24 rings (SSSR count). The first-order chi connectivity index (χ1) is 54.5. The standard InChI is InChI=1S/2C51H30N4/c1-3-13-32(14-4-1)49-52-50(33-15-5-2-6-16-33)54-51(53-49)40-26-28-43(37-21-10-9-20-36(37)40)55-44-24-12-23-39-42-30-35-18-8-7-17-34(35)29-41(42)38-22-11-19-31-25-27-45(55)48(46(31)38)47(39)44;1-2-11-33(12-3-1)49-52-50(54-51(53-49)38-21-20-31-10-4-5-13-35(31)28-38)34-22-25-39(26-23-34)55-44-19-9-18-41-43-30-37-15-7-6-14-36(37)29-42(43)40-17-8-16-32-24-27-45(55)48(46(32)40)47(41)44/h2*1-30H. The van der Waals surface area contributed by atoms with Crippen molar-refractivity contribution in [1.29, 1.82) is 0 Å². The van der Waals surface area contributed by atoms with Crippen LogP contribution in [0.1, 0.15) is 0 Å². The van der Waals surface area contributed by atoms with E-state index >= 15 is 0 Å². The van der Waals surface area contributed by atoms with Gasteiger partial charge in [0.05, 0.1) is 27.8 Å². The molecule has 0 aliphatic heterocycles. The third kappa shape index (κ3) is 9.59. The molecule has 8 heteroatoms. The molecule has 4 heterocycles. The normalized spacial score (nSPS) is 12.0. The summed E-state index contributed by atoms with van der Waals surface area (Å²) in [6, 6.07) is 130. The van der Waals surface area contributed by atoms with Crippen LogP contribution < -0.4 is 0 Å². The van der Waals surface area contributed by atoms with Gasteiger partial charge >= 0.3 is 0 Å². The van der Waals surface area contributed by atoms with Gasteiger partial charge in [-0.2, -0.15) is 0 Å². The van der Waals surface area contributed by atoms with E-state index in [1.54, 1.807) is 0 Å². The Morgan fingerprint density at radius 1 is 0.164 bits per heavy atom. The van der Waals surface area contributed by atoms with Gasteiger partial charge in [-0.15, -0.1) is 0 Å². The molecule has 0 radical (unpaired) electrons. The molecule has 0 N–H and O–H groups in total. The summed E-state index contributed by atoms with van der Waals surface area (Å²) in [5.74, 6) is 3.89. The molecule has 22 aromatic rings. The van der Waals surface area contributed by atoms with Gasteiger partial charge in [0.1, 0.15) is 0 Å². The lowest BCUT2D eigenvalue weighted by molar-refractivity contribution is 1.07. The lowest BCUT2D eigenvalue weighted by atomic mass is 9.91. The minimum absolute atomic E-state index is 0.641. The Hall–Kier alpha value is -14.9. The molecule has 2 aliphatic rings. The van der Waals surface area contributed by atoms with E-state index in [4.69, 9.17) is 29.9 Å². The lowest BCUT2D eigenvalue weighted by Gasteiger charge is -2.17. The van der Waals surface area contributed by atoms with Gasteiger partial charge in [0.15, 0.2) is 34.9 Å². The van der Waals surface area contributed by atoms with Gasteiger partial charge in [0.25, 0.3) is 0 Å². The van der Waals surface area contributed by atoms with Crippen molar-refractivity contribution >= 4 is 108 Å². The molecule has 0 saturated carbocycles. The molecule has 18 aromatic carbocycles. The van der Waals surface area contributed by atoms with Crippen LogP contribution in [0.25, 0.3) is 232 Å². The molecule has 0 bridgehead atoms. The lowest BCUT2D eigenvalue weighted by Crippen LogP contribution is -2.01. The van der Waals surface area contributed by atoms with Crippen LogP contribution in [0, 0.1) is 0 Å². The van der Waals surface area contributed by atoms with E-state index in [1.165, 1.54) is 137 Å². The number of fused-ring (bicyclic) bond motifs is 10. The first-order valence-corrected chi connectivity index (χ1v) is 37.4. The van der Waals surface area contributed by atoms with Crippen molar-refractivity contribution in [2.45, 2.75) is 0 Å². The largest absolute Gasteiger partial charge is 0.309 e. The van der Waals surface area contributed by atoms with Crippen molar-refractivity contribution in [2.24, 2.45) is 0 Å². The van der Waals surface area contributed by atoms with Gasteiger partial charge in [0, 0.05) is 66.0 Å². The fourth-order valence-electron chi connectivity index (χ4n) is 17.7. The molecule has 4 aromatic heterocycles. The minimum Gasteiger partial charge on any atom is -0.309 e. The highest BCUT2D eigenvalue weighted by atomic mass is 15.1. The van der Waals surface area contributed by atoms with Gasteiger partial charge in [-0.25, -0.2) is 29.9 Å². The SMILES string of the molecule is c1ccc(-c2nc(-c3ccc(-n4c5cccc6c5c5c7c(cccc7ccc54)-c4cc5ccccc5cc4-6)cc3)nc(-c3ccc4ccccc4c3)n2)cc1.c1ccc(-c2nc(-c3ccccc3)nc(-c3ccc(-n4c5cccc6c5c5c7c(cccc7ccc54)-c4cc5ccccc5cc4-6)c4ccccc34)n2)cc1. The monoisotopic (exact) mass is 1400 g/mol. The molecule has 0 spiro atoms. The van der Waals surface area contributed by atoms with E-state index in [9.17, 15) is 0 Å². The summed E-state index contributed by atoms with van der Waals surface area (Å²) in [5.41, 5.74) is 22.9. The van der Waals surface area contributed by atoms with E-state index in [-0.39, 0.29) is 0 Å². The fourth-order valence-corrected chi connectivity index (χ4v) is 17.7. The summed E-state index contributed by atoms with van der Waals surface area (Å²) in [4.78, 5) is 30.3. The Morgan fingerprint density at radius 3 is 0.982 bits per heavy atom. The second kappa shape index (κ2) is 24.3. The zero-order valence-corrected chi connectivity index (χ0v) is 59.2. The highest BCUT2D eigenvalue weighted by molar-refractivity contribution is 6.33. The predicted octanol–water partition coefficient (Wildman–Crippen LogP) is 26.2. The van der Waals surface area contributed by atoms with Crippen LogP contribution in [0.4, 0.5) is 0 Å². The van der Waals surface area contributed by atoms with Gasteiger partial charge < -0.3 is 9.13 Å². The molecule has 508 valence electrons. The van der Waals surface area contributed by atoms with Crippen molar-refractivity contribution < 1.29 is 0 Å². The van der Waals surface area contributed by atoms with E-state index in [1.807, 2.05) is 66.7 Å². The number of rotatable bonds is 8. The summed E-state index contributed by atoms with van der Waals surface area (Å²) in [6.07, 6.45) is 0. The zero-order chi connectivity index (χ0) is 72.1. The topological polar surface area (TPSA) is 87.2 Å². The molecule has 110 heavy (non-hydrogen) atoms. The van der Waals surface area contributed by atoms with E-state index in [0.717, 1.165) is 60.9 Å². The summed E-state index contributed by atoms with van der Waals surface area (Å²) in [7, 11) is 0. The maximum Gasteiger partial charge on any atom is 0.164 e. The van der Waals surface area contributed by atoms with Crippen LogP contribution in [0.5, 0.6) is 0 Å². The third-order valence-electron chi connectivity index (χ3n) is 22.7. The zero-order valence-electron chi connectivity index (χ0n) is 59.2. The molecular formula is C102H60N8. The second-order valence-electron chi connectivity index (χ2n) is 28.8. The number of aromatic nitrogens is 8. The Bertz CT molecular complexity index is 7580. The summed E-state index contributed by atoms with van der Waals surface area (Å²) >= 11 is 0. The molecule has 0 unspecified atom stereocenters. The number of hydrogen-bond donors (Lipinski definition) is 0. The van der Waals surface area contributed by atoms with Crippen molar-refractivity contribution in [3.63, 3.8) is 0 Å². The first kappa shape index (κ1) is 61.4. The molecule has 0 amide bonds. The summed E-state index contributed by atoms with van der Waals surface area (Å²) in [5, 5.41) is 19.8. The quantitative estimate of drug-likeness (QED) is 0.151. The third-order valence-corrected chi connectivity index (χ3v) is 22.7. The van der Waals surface area contributed by atoms with Crippen LogP contribution in [-0.4, -0.2) is 39.0 Å². The molecule has 0 saturated heterocycles. The van der Waals surface area contributed by atoms with Crippen LogP contribution in [0.3, 0.4) is 0 Å². The Labute approximate surface area is 631 Å². The van der Waals surface area contributed by atoms with Crippen molar-refractivity contribution in [3.8, 4) is 124 Å². The Balaban J connectivity index is 0.000000132. The highest BCUT2D eigenvalue weighted by Crippen LogP contribution is 2.54. The van der Waals surface area contributed by atoms with Gasteiger partial charge in [-0.3, -0.25) is 0 Å². The van der Waals surface area contributed by atoms with E-state index in [0.29, 0.717) is 34.9 Å². The smallest absolute Gasteiger partial charge is 0.164 e. The highest BCUT2D eigenvalue weighted by Gasteiger charge is 2.29. The van der Waals surface area contributed by atoms with Crippen LogP contribution in [0.15, 0.2) is 364 Å². The first-order valence-electron chi connectivity index (χ1n) is 37.4. The summed E-state index contributed by atoms with van der Waals surface area (Å²) in [6.45, 7) is 0. The average molecular weight is 1400 g/mol. The number of nitrogens with zero attached hydrogens (tertiary/aromatic N) is 8. The van der Waals surface area contributed by atoms with Crippen molar-refractivity contribution in [3.05, 3.63) is 364 Å². The Kier molecular flexibility index (Phi) is 13.6. The second-order valence-corrected chi connectivity index (χ2v) is 28.8. The molecule has 0 atom stereocenters. The van der Waals surface area contributed by atoms with Crippen LogP contribution in [0.2, 0.25) is 0 Å². The van der Waals surface area contributed by atoms with Crippen LogP contribution in [-0.2, 0) is 0 Å². The minimum atomic E-state index is 0.641. The number of hydrogen-bond acceptors (Lipinski definition) is 6. The maximum absolute atomic E-state index is 5.12. The Morgan fingerprint density at radius 2 is 0.500 bits per heavy atom. The average Bonchev–Trinajstić information content (AvgIpc) is 1.54. The summed E-state index contributed by atoms with van der Waals surface area (Å²) < 4.78 is 4.89. The van der Waals surface area contributed by atoms with Gasteiger partial charge in [-0.1, -0.05) is 273 Å². The van der Waals surface area contributed by atoms with Crippen LogP contribution >= 0.6 is 0 Å². The number of benzene rings is 18. The maximum atomic E-state index is 5.12. The van der Waals surface area contributed by atoms with Gasteiger partial charge in [-0.05, 0) is 195 Å². The fraction of sp³-hybridized carbons (Fsp3) is 0. The van der Waals surface area contributed by atoms with Crippen molar-refractivity contribution in [1.82, 2.24) is 39.0 Å². The molecular weight excluding hydrogens is 1340 g/mol. The van der Waals surface area contributed by atoms with Crippen molar-refractivity contribution in [2.75, 3.05) is 0 Å².